The number of rotatable bonds is 4. The molecule has 2 atom stereocenters. The molecular formula is C15H25N3S. The van der Waals surface area contributed by atoms with Gasteiger partial charge in [0.15, 0.2) is 0 Å². The molecule has 1 aromatic rings. The van der Waals surface area contributed by atoms with Gasteiger partial charge in [-0.2, -0.15) is 0 Å². The zero-order valence-electron chi connectivity index (χ0n) is 12.1. The molecule has 1 aromatic heterocycles. The highest BCUT2D eigenvalue weighted by atomic mass is 32.1. The smallest absolute Gasteiger partial charge is 0.0898 e. The minimum atomic E-state index is 0.513. The molecule has 1 N–H and O–H groups in total. The molecule has 2 aliphatic rings. The molecule has 19 heavy (non-hydrogen) atoms. The Labute approximate surface area is 120 Å². The van der Waals surface area contributed by atoms with Crippen molar-refractivity contribution in [2.24, 2.45) is 5.92 Å². The normalized spacial score (nSPS) is 29.4. The standard InChI is InChI=1S/C15H25N3S/c1-11-17-14(10-19-11)15-12(9-16-13-6-7-13)5-3-4-8-18(15)2/h10,12-13,15-16H,3-9H2,1-2H3. The van der Waals surface area contributed by atoms with Crippen molar-refractivity contribution in [3.63, 3.8) is 0 Å². The van der Waals surface area contributed by atoms with Gasteiger partial charge in [-0.25, -0.2) is 4.98 Å². The number of nitrogens with one attached hydrogen (secondary N) is 1. The van der Waals surface area contributed by atoms with Crippen molar-refractivity contribution in [3.05, 3.63) is 16.1 Å². The molecule has 2 heterocycles. The number of aryl methyl sites for hydroxylation is 1. The van der Waals surface area contributed by atoms with Gasteiger partial charge in [0.25, 0.3) is 0 Å². The van der Waals surface area contributed by atoms with Crippen LogP contribution in [0.4, 0.5) is 0 Å². The second-order valence-corrected chi connectivity index (χ2v) is 7.22. The molecule has 106 valence electrons. The fourth-order valence-corrected chi connectivity index (χ4v) is 3.87. The first kappa shape index (κ1) is 13.5. The third-order valence-electron chi connectivity index (χ3n) is 4.44. The molecule has 0 amide bonds. The second kappa shape index (κ2) is 5.90. The Balaban J connectivity index is 1.75. The Morgan fingerprint density at radius 3 is 2.89 bits per heavy atom. The van der Waals surface area contributed by atoms with Gasteiger partial charge >= 0.3 is 0 Å². The van der Waals surface area contributed by atoms with Gasteiger partial charge in [0.2, 0.25) is 0 Å². The molecule has 0 spiro atoms. The van der Waals surface area contributed by atoms with Gasteiger partial charge in [0, 0.05) is 18.0 Å². The van der Waals surface area contributed by atoms with Crippen LogP contribution in [0.25, 0.3) is 0 Å². The lowest BCUT2D eigenvalue weighted by atomic mass is 9.92. The lowest BCUT2D eigenvalue weighted by Crippen LogP contribution is -2.35. The molecule has 4 heteroatoms. The van der Waals surface area contributed by atoms with Crippen molar-refractivity contribution in [2.45, 2.75) is 51.1 Å². The molecule has 1 aliphatic heterocycles. The van der Waals surface area contributed by atoms with Crippen LogP contribution in [-0.4, -0.2) is 36.1 Å². The van der Waals surface area contributed by atoms with Gasteiger partial charge in [-0.05, 0) is 52.1 Å². The summed E-state index contributed by atoms with van der Waals surface area (Å²) in [5.74, 6) is 0.717. The quantitative estimate of drug-likeness (QED) is 0.918. The van der Waals surface area contributed by atoms with Gasteiger partial charge in [-0.1, -0.05) is 6.42 Å². The van der Waals surface area contributed by atoms with Crippen LogP contribution in [0.1, 0.15) is 48.8 Å². The minimum absolute atomic E-state index is 0.513. The molecule has 2 unspecified atom stereocenters. The predicted octanol–water partition coefficient (Wildman–Crippen LogP) is 2.98. The zero-order valence-corrected chi connectivity index (χ0v) is 12.9. The van der Waals surface area contributed by atoms with Crippen molar-refractivity contribution in [3.8, 4) is 0 Å². The highest BCUT2D eigenvalue weighted by Gasteiger charge is 2.32. The summed E-state index contributed by atoms with van der Waals surface area (Å²) in [6, 6.07) is 1.32. The monoisotopic (exact) mass is 279 g/mol. The van der Waals surface area contributed by atoms with Crippen molar-refractivity contribution < 1.29 is 0 Å². The maximum absolute atomic E-state index is 4.77. The second-order valence-electron chi connectivity index (χ2n) is 6.16. The first-order chi connectivity index (χ1) is 9.24. The molecule has 1 saturated heterocycles. The third-order valence-corrected chi connectivity index (χ3v) is 5.23. The first-order valence-corrected chi connectivity index (χ1v) is 8.47. The Kier molecular flexibility index (Phi) is 4.20. The number of nitrogens with zero attached hydrogens (tertiary/aromatic N) is 2. The average Bonchev–Trinajstić information content (AvgIpc) is 3.15. The summed E-state index contributed by atoms with van der Waals surface area (Å²) in [6.07, 6.45) is 6.79. The Hall–Kier alpha value is -0.450. The molecule has 0 aromatic carbocycles. The number of aromatic nitrogens is 1. The van der Waals surface area contributed by atoms with Gasteiger partial charge in [-0.3, -0.25) is 4.90 Å². The van der Waals surface area contributed by atoms with Gasteiger partial charge in [0.1, 0.15) is 0 Å². The highest BCUT2D eigenvalue weighted by molar-refractivity contribution is 7.09. The van der Waals surface area contributed by atoms with E-state index in [1.54, 1.807) is 11.3 Å². The summed E-state index contributed by atoms with van der Waals surface area (Å²) >= 11 is 1.79. The summed E-state index contributed by atoms with van der Waals surface area (Å²) < 4.78 is 0. The van der Waals surface area contributed by atoms with Crippen LogP contribution in [0.15, 0.2) is 5.38 Å². The van der Waals surface area contributed by atoms with Crippen molar-refractivity contribution in [1.29, 1.82) is 0 Å². The van der Waals surface area contributed by atoms with Gasteiger partial charge < -0.3 is 5.32 Å². The van der Waals surface area contributed by atoms with Crippen molar-refractivity contribution in [1.82, 2.24) is 15.2 Å². The van der Waals surface area contributed by atoms with E-state index in [2.05, 4.69) is 29.6 Å². The molecule has 0 bridgehead atoms. The SMILES string of the molecule is Cc1nc(C2C(CNC3CC3)CCCCN2C)cs1. The number of likely N-dealkylation sites (tertiary alicyclic amines) is 1. The van der Waals surface area contributed by atoms with Crippen LogP contribution in [0.3, 0.4) is 0 Å². The van der Waals surface area contributed by atoms with Crippen LogP contribution in [0.2, 0.25) is 0 Å². The maximum Gasteiger partial charge on any atom is 0.0898 e. The molecular weight excluding hydrogens is 254 g/mol. The molecule has 1 aliphatic carbocycles. The molecule has 2 fully saturated rings. The Morgan fingerprint density at radius 1 is 1.37 bits per heavy atom. The van der Waals surface area contributed by atoms with Crippen molar-refractivity contribution >= 4 is 11.3 Å². The van der Waals surface area contributed by atoms with E-state index in [-0.39, 0.29) is 0 Å². The summed E-state index contributed by atoms with van der Waals surface area (Å²) in [7, 11) is 2.27. The number of hydrogen-bond acceptors (Lipinski definition) is 4. The number of thiazole rings is 1. The number of hydrogen-bond donors (Lipinski definition) is 1. The highest BCUT2D eigenvalue weighted by Crippen LogP contribution is 2.34. The largest absolute Gasteiger partial charge is 0.314 e. The maximum atomic E-state index is 4.77. The van der Waals surface area contributed by atoms with E-state index in [0.717, 1.165) is 18.5 Å². The molecule has 3 rings (SSSR count). The topological polar surface area (TPSA) is 28.2 Å². The van der Waals surface area contributed by atoms with Crippen LogP contribution in [0, 0.1) is 12.8 Å². The fourth-order valence-electron chi connectivity index (χ4n) is 3.23. The van der Waals surface area contributed by atoms with Crippen LogP contribution in [0.5, 0.6) is 0 Å². The van der Waals surface area contributed by atoms with E-state index in [4.69, 9.17) is 4.98 Å². The molecule has 1 saturated carbocycles. The lowest BCUT2D eigenvalue weighted by Gasteiger charge is -2.31. The van der Waals surface area contributed by atoms with E-state index in [1.165, 1.54) is 49.4 Å². The fraction of sp³-hybridized carbons (Fsp3) is 0.800. The van der Waals surface area contributed by atoms with Crippen LogP contribution >= 0.6 is 11.3 Å². The minimum Gasteiger partial charge on any atom is -0.314 e. The van der Waals surface area contributed by atoms with Gasteiger partial charge in [-0.15, -0.1) is 11.3 Å². The van der Waals surface area contributed by atoms with E-state index >= 15 is 0 Å². The summed E-state index contributed by atoms with van der Waals surface area (Å²) in [6.45, 7) is 4.49. The Morgan fingerprint density at radius 2 is 2.21 bits per heavy atom. The van der Waals surface area contributed by atoms with E-state index < -0.39 is 0 Å². The molecule has 3 nitrogen and oxygen atoms in total. The van der Waals surface area contributed by atoms with Crippen molar-refractivity contribution in [2.75, 3.05) is 20.1 Å². The third kappa shape index (κ3) is 3.36. The zero-order chi connectivity index (χ0) is 13.2. The summed E-state index contributed by atoms with van der Waals surface area (Å²) in [5.41, 5.74) is 1.30. The van der Waals surface area contributed by atoms with E-state index in [1.807, 2.05) is 0 Å². The average molecular weight is 279 g/mol. The predicted molar refractivity (Wildman–Crippen MR) is 80.6 cm³/mol. The lowest BCUT2D eigenvalue weighted by molar-refractivity contribution is 0.185. The van der Waals surface area contributed by atoms with Crippen LogP contribution in [-0.2, 0) is 0 Å². The van der Waals surface area contributed by atoms with E-state index in [0.29, 0.717) is 6.04 Å². The molecule has 0 radical (unpaired) electrons. The van der Waals surface area contributed by atoms with E-state index in [9.17, 15) is 0 Å². The first-order valence-electron chi connectivity index (χ1n) is 7.59. The Bertz CT molecular complexity index is 413. The summed E-state index contributed by atoms with van der Waals surface area (Å²) in [5, 5.41) is 7.20. The summed E-state index contributed by atoms with van der Waals surface area (Å²) in [4.78, 5) is 7.30. The van der Waals surface area contributed by atoms with Gasteiger partial charge in [0.05, 0.1) is 16.7 Å². The van der Waals surface area contributed by atoms with Crippen LogP contribution < -0.4 is 5.32 Å².